The predicted octanol–water partition coefficient (Wildman–Crippen LogP) is 2.92. The standard InChI is InChI=1S/C17H19NO4/c1-17(2,20)7-8-18-14-10-11(21-3)4-5-12(14)15(19)13-6-9-22-16(13)18/h4-6,9-10,20H,7-8H2,1-3H3. The number of aryl methyl sites for hydroxylation is 1. The smallest absolute Gasteiger partial charge is 0.210 e. The summed E-state index contributed by atoms with van der Waals surface area (Å²) in [4.78, 5) is 12.5. The average Bonchev–Trinajstić information content (AvgIpc) is 2.95. The summed E-state index contributed by atoms with van der Waals surface area (Å²) >= 11 is 0. The molecule has 0 radical (unpaired) electrons. The van der Waals surface area contributed by atoms with Crippen molar-refractivity contribution >= 4 is 22.0 Å². The van der Waals surface area contributed by atoms with Crippen LogP contribution in [-0.2, 0) is 6.54 Å². The highest BCUT2D eigenvalue weighted by atomic mass is 16.5. The van der Waals surface area contributed by atoms with Gasteiger partial charge in [-0.15, -0.1) is 0 Å². The molecule has 0 atom stereocenters. The van der Waals surface area contributed by atoms with Gasteiger partial charge in [0.05, 0.1) is 29.9 Å². The third-order valence-electron chi connectivity index (χ3n) is 3.82. The molecule has 0 aliphatic heterocycles. The van der Waals surface area contributed by atoms with Crippen molar-refractivity contribution in [1.82, 2.24) is 4.57 Å². The van der Waals surface area contributed by atoms with E-state index in [1.807, 2.05) is 10.6 Å². The van der Waals surface area contributed by atoms with E-state index in [1.54, 1.807) is 39.2 Å². The first kappa shape index (κ1) is 14.7. The first-order chi connectivity index (χ1) is 10.4. The maximum absolute atomic E-state index is 12.5. The minimum absolute atomic E-state index is 0.0547. The lowest BCUT2D eigenvalue weighted by Gasteiger charge is -2.19. The van der Waals surface area contributed by atoms with E-state index in [0.717, 1.165) is 5.52 Å². The van der Waals surface area contributed by atoms with Gasteiger partial charge in [-0.1, -0.05) is 0 Å². The van der Waals surface area contributed by atoms with E-state index in [1.165, 1.54) is 6.26 Å². The average molecular weight is 301 g/mol. The summed E-state index contributed by atoms with van der Waals surface area (Å²) < 4.78 is 12.7. The first-order valence-electron chi connectivity index (χ1n) is 7.21. The Labute approximate surface area is 127 Å². The zero-order chi connectivity index (χ0) is 15.9. The van der Waals surface area contributed by atoms with Gasteiger partial charge in [0.15, 0.2) is 0 Å². The van der Waals surface area contributed by atoms with Crippen LogP contribution < -0.4 is 10.2 Å². The molecule has 116 valence electrons. The Morgan fingerprint density at radius 1 is 1.27 bits per heavy atom. The highest BCUT2D eigenvalue weighted by Gasteiger charge is 2.17. The predicted molar refractivity (Wildman–Crippen MR) is 85.4 cm³/mol. The molecule has 1 aromatic carbocycles. The molecule has 5 heteroatoms. The number of pyridine rings is 1. The molecule has 3 rings (SSSR count). The Balaban J connectivity index is 2.30. The van der Waals surface area contributed by atoms with Crippen LogP contribution in [0.1, 0.15) is 20.3 Å². The van der Waals surface area contributed by atoms with Crippen molar-refractivity contribution in [1.29, 1.82) is 0 Å². The number of methoxy groups -OCH3 is 1. The molecule has 22 heavy (non-hydrogen) atoms. The van der Waals surface area contributed by atoms with Crippen molar-refractivity contribution in [2.24, 2.45) is 0 Å². The second-order valence-corrected chi connectivity index (χ2v) is 6.07. The van der Waals surface area contributed by atoms with Crippen molar-refractivity contribution in [3.8, 4) is 5.75 Å². The van der Waals surface area contributed by atoms with Gasteiger partial charge < -0.3 is 18.8 Å². The molecule has 1 N–H and O–H groups in total. The number of aliphatic hydroxyl groups is 1. The summed E-state index contributed by atoms with van der Waals surface area (Å²) in [5.41, 5.74) is 0.416. The summed E-state index contributed by atoms with van der Waals surface area (Å²) in [6, 6.07) is 7.05. The van der Waals surface area contributed by atoms with Gasteiger partial charge in [-0.25, -0.2) is 0 Å². The molecule has 0 aliphatic rings. The Kier molecular flexibility index (Phi) is 3.45. The molecule has 0 unspecified atom stereocenters. The molecule has 0 fully saturated rings. The van der Waals surface area contributed by atoms with Crippen LogP contribution in [0, 0.1) is 0 Å². The minimum atomic E-state index is -0.798. The molecule has 0 bridgehead atoms. The van der Waals surface area contributed by atoms with E-state index in [0.29, 0.717) is 35.2 Å². The van der Waals surface area contributed by atoms with Crippen molar-refractivity contribution < 1.29 is 14.3 Å². The fourth-order valence-corrected chi connectivity index (χ4v) is 2.60. The summed E-state index contributed by atoms with van der Waals surface area (Å²) in [5, 5.41) is 11.2. The zero-order valence-corrected chi connectivity index (χ0v) is 12.9. The van der Waals surface area contributed by atoms with Crippen LogP contribution in [0.4, 0.5) is 0 Å². The number of hydrogen-bond acceptors (Lipinski definition) is 4. The number of ether oxygens (including phenoxy) is 1. The Hall–Kier alpha value is -2.27. The summed E-state index contributed by atoms with van der Waals surface area (Å²) in [7, 11) is 1.59. The molecular weight excluding hydrogens is 282 g/mol. The van der Waals surface area contributed by atoms with Crippen molar-refractivity contribution in [3.63, 3.8) is 0 Å². The SMILES string of the molecule is COc1ccc2c(=O)c3ccoc3n(CCC(C)(C)O)c2c1. The van der Waals surface area contributed by atoms with Crippen molar-refractivity contribution in [2.75, 3.05) is 7.11 Å². The molecule has 0 saturated carbocycles. The number of nitrogens with zero attached hydrogens (tertiary/aromatic N) is 1. The Morgan fingerprint density at radius 2 is 2.05 bits per heavy atom. The van der Waals surface area contributed by atoms with E-state index in [9.17, 15) is 9.90 Å². The van der Waals surface area contributed by atoms with Crippen molar-refractivity contribution in [2.45, 2.75) is 32.4 Å². The van der Waals surface area contributed by atoms with Gasteiger partial charge in [0.2, 0.25) is 11.1 Å². The van der Waals surface area contributed by atoms with Gasteiger partial charge in [0.1, 0.15) is 5.75 Å². The number of hydrogen-bond donors (Lipinski definition) is 1. The molecule has 0 amide bonds. The summed E-state index contributed by atoms with van der Waals surface area (Å²) in [6.45, 7) is 4.06. The zero-order valence-electron chi connectivity index (χ0n) is 12.9. The van der Waals surface area contributed by atoms with Gasteiger partial charge in [-0.3, -0.25) is 4.79 Å². The molecule has 5 nitrogen and oxygen atoms in total. The molecule has 0 spiro atoms. The lowest BCUT2D eigenvalue weighted by molar-refractivity contribution is 0.0667. The van der Waals surface area contributed by atoms with Crippen LogP contribution in [-0.4, -0.2) is 22.4 Å². The van der Waals surface area contributed by atoms with Crippen LogP contribution >= 0.6 is 0 Å². The third-order valence-corrected chi connectivity index (χ3v) is 3.82. The molecule has 0 aliphatic carbocycles. The van der Waals surface area contributed by atoms with Crippen LogP contribution in [0.15, 0.2) is 39.7 Å². The quantitative estimate of drug-likeness (QED) is 0.804. The maximum atomic E-state index is 12.5. The van der Waals surface area contributed by atoms with Crippen LogP contribution in [0.25, 0.3) is 22.0 Å². The topological polar surface area (TPSA) is 64.6 Å². The Bertz CT molecular complexity index is 883. The second-order valence-electron chi connectivity index (χ2n) is 6.07. The van der Waals surface area contributed by atoms with Gasteiger partial charge in [0, 0.05) is 18.0 Å². The van der Waals surface area contributed by atoms with E-state index in [2.05, 4.69) is 0 Å². The highest BCUT2D eigenvalue weighted by molar-refractivity contribution is 5.91. The van der Waals surface area contributed by atoms with Crippen LogP contribution in [0.3, 0.4) is 0 Å². The lowest BCUT2D eigenvalue weighted by atomic mass is 10.1. The lowest BCUT2D eigenvalue weighted by Crippen LogP contribution is -2.22. The van der Waals surface area contributed by atoms with Crippen LogP contribution in [0.5, 0.6) is 5.75 Å². The number of fused-ring (bicyclic) bond motifs is 2. The minimum Gasteiger partial charge on any atom is -0.497 e. The second kappa shape index (κ2) is 5.18. The van der Waals surface area contributed by atoms with E-state index in [-0.39, 0.29) is 5.43 Å². The normalized spacial score (nSPS) is 12.2. The number of benzene rings is 1. The van der Waals surface area contributed by atoms with Gasteiger partial charge in [-0.05, 0) is 38.5 Å². The van der Waals surface area contributed by atoms with Gasteiger partial charge >= 0.3 is 0 Å². The molecule has 3 aromatic rings. The molecule has 0 saturated heterocycles. The number of rotatable bonds is 4. The fourth-order valence-electron chi connectivity index (χ4n) is 2.60. The fraction of sp³-hybridized carbons (Fsp3) is 0.353. The largest absolute Gasteiger partial charge is 0.497 e. The third kappa shape index (κ3) is 2.48. The maximum Gasteiger partial charge on any atom is 0.210 e. The monoisotopic (exact) mass is 301 g/mol. The number of furan rings is 1. The molecular formula is C17H19NO4. The van der Waals surface area contributed by atoms with Gasteiger partial charge in [0.25, 0.3) is 0 Å². The van der Waals surface area contributed by atoms with E-state index >= 15 is 0 Å². The number of aromatic nitrogens is 1. The molecule has 2 aromatic heterocycles. The van der Waals surface area contributed by atoms with Crippen molar-refractivity contribution in [3.05, 3.63) is 40.8 Å². The summed E-state index contributed by atoms with van der Waals surface area (Å²) in [6.07, 6.45) is 2.06. The highest BCUT2D eigenvalue weighted by Crippen LogP contribution is 2.25. The van der Waals surface area contributed by atoms with Crippen LogP contribution in [0.2, 0.25) is 0 Å². The first-order valence-corrected chi connectivity index (χ1v) is 7.21. The Morgan fingerprint density at radius 3 is 2.73 bits per heavy atom. The van der Waals surface area contributed by atoms with Gasteiger partial charge in [-0.2, -0.15) is 0 Å². The summed E-state index contributed by atoms with van der Waals surface area (Å²) in [5.74, 6) is 0.676. The van der Waals surface area contributed by atoms with E-state index < -0.39 is 5.60 Å². The van der Waals surface area contributed by atoms with E-state index in [4.69, 9.17) is 9.15 Å². The molecule has 2 heterocycles.